The van der Waals surface area contributed by atoms with Gasteiger partial charge < -0.3 is 10.6 Å². The quantitative estimate of drug-likeness (QED) is 0.831. The summed E-state index contributed by atoms with van der Waals surface area (Å²) in [4.78, 5) is 11.8. The fourth-order valence-corrected chi connectivity index (χ4v) is 1.72. The third-order valence-electron chi connectivity index (χ3n) is 2.55. The Morgan fingerprint density at radius 1 is 1.00 bits per heavy atom. The van der Waals surface area contributed by atoms with E-state index in [1.54, 1.807) is 12.1 Å². The predicted molar refractivity (Wildman–Crippen MR) is 75.3 cm³/mol. The van der Waals surface area contributed by atoms with Crippen molar-refractivity contribution in [2.24, 2.45) is 0 Å². The zero-order chi connectivity index (χ0) is 13.0. The number of carbonyl (C=O) groups excluding carboxylic acids is 1. The molecule has 0 heterocycles. The monoisotopic (exact) mass is 260 g/mol. The Balaban J connectivity index is 2.06. The molecule has 0 aromatic heterocycles. The molecule has 0 spiro atoms. The maximum atomic E-state index is 11.8. The fourth-order valence-electron chi connectivity index (χ4n) is 1.55. The lowest BCUT2D eigenvalue weighted by Gasteiger charge is -2.10. The molecule has 2 aromatic carbocycles. The van der Waals surface area contributed by atoms with Gasteiger partial charge in [-0.3, -0.25) is 0 Å². The summed E-state index contributed by atoms with van der Waals surface area (Å²) < 4.78 is 0. The van der Waals surface area contributed by atoms with Crippen LogP contribution in [0.25, 0.3) is 0 Å². The van der Waals surface area contributed by atoms with Crippen LogP contribution in [0, 0.1) is 6.92 Å². The lowest BCUT2D eigenvalue weighted by Crippen LogP contribution is -2.19. The highest BCUT2D eigenvalue weighted by atomic mass is 35.5. The van der Waals surface area contributed by atoms with E-state index in [0.29, 0.717) is 10.7 Å². The topological polar surface area (TPSA) is 41.1 Å². The Morgan fingerprint density at radius 2 is 1.72 bits per heavy atom. The van der Waals surface area contributed by atoms with Crippen molar-refractivity contribution < 1.29 is 4.79 Å². The van der Waals surface area contributed by atoms with E-state index in [0.717, 1.165) is 11.3 Å². The van der Waals surface area contributed by atoms with Gasteiger partial charge in [-0.25, -0.2) is 4.79 Å². The average molecular weight is 261 g/mol. The minimum Gasteiger partial charge on any atom is -0.308 e. The van der Waals surface area contributed by atoms with Crippen LogP contribution in [0.4, 0.5) is 16.2 Å². The lowest BCUT2D eigenvalue weighted by molar-refractivity contribution is 0.262. The maximum Gasteiger partial charge on any atom is 0.323 e. The number of amides is 2. The summed E-state index contributed by atoms with van der Waals surface area (Å²) in [6, 6.07) is 14.4. The van der Waals surface area contributed by atoms with E-state index in [9.17, 15) is 4.79 Å². The number of carbonyl (C=O) groups is 1. The highest BCUT2D eigenvalue weighted by Crippen LogP contribution is 2.23. The van der Waals surface area contributed by atoms with Crippen LogP contribution in [0.1, 0.15) is 5.56 Å². The van der Waals surface area contributed by atoms with Gasteiger partial charge in [0, 0.05) is 16.4 Å². The summed E-state index contributed by atoms with van der Waals surface area (Å²) in [5.41, 5.74) is 2.30. The van der Waals surface area contributed by atoms with Gasteiger partial charge in [0.15, 0.2) is 0 Å². The molecule has 0 bridgehead atoms. The molecule has 0 saturated heterocycles. The van der Waals surface area contributed by atoms with Crippen LogP contribution >= 0.6 is 11.6 Å². The number of nitrogens with one attached hydrogen (secondary N) is 2. The SMILES string of the molecule is Cc1c(Cl)cccc1NC(=O)Nc1ccccc1. The number of rotatable bonds is 2. The zero-order valence-electron chi connectivity index (χ0n) is 9.91. The van der Waals surface area contributed by atoms with E-state index in [4.69, 9.17) is 11.6 Å². The van der Waals surface area contributed by atoms with E-state index >= 15 is 0 Å². The van der Waals surface area contributed by atoms with Gasteiger partial charge in [0.2, 0.25) is 0 Å². The smallest absolute Gasteiger partial charge is 0.308 e. The van der Waals surface area contributed by atoms with Gasteiger partial charge in [-0.1, -0.05) is 35.9 Å². The molecule has 0 aliphatic rings. The van der Waals surface area contributed by atoms with Crippen LogP contribution in [0.2, 0.25) is 5.02 Å². The number of para-hydroxylation sites is 1. The first-order valence-electron chi connectivity index (χ1n) is 5.55. The second-order valence-electron chi connectivity index (χ2n) is 3.86. The lowest BCUT2D eigenvalue weighted by atomic mass is 10.2. The number of hydrogen-bond donors (Lipinski definition) is 2. The van der Waals surface area contributed by atoms with E-state index in [1.807, 2.05) is 43.3 Å². The molecule has 2 amide bonds. The zero-order valence-corrected chi connectivity index (χ0v) is 10.7. The molecule has 0 atom stereocenters. The van der Waals surface area contributed by atoms with Gasteiger partial charge in [0.05, 0.1) is 0 Å². The summed E-state index contributed by atoms with van der Waals surface area (Å²) in [5.74, 6) is 0. The molecular weight excluding hydrogens is 248 g/mol. The second-order valence-corrected chi connectivity index (χ2v) is 4.26. The molecular formula is C14H13ClN2O. The third-order valence-corrected chi connectivity index (χ3v) is 2.96. The van der Waals surface area contributed by atoms with Crippen molar-refractivity contribution in [1.82, 2.24) is 0 Å². The number of benzene rings is 2. The largest absolute Gasteiger partial charge is 0.323 e. The van der Waals surface area contributed by atoms with Crippen LogP contribution in [0.15, 0.2) is 48.5 Å². The summed E-state index contributed by atoms with van der Waals surface area (Å²) in [6.45, 7) is 1.86. The van der Waals surface area contributed by atoms with Crippen molar-refractivity contribution in [3.05, 3.63) is 59.1 Å². The van der Waals surface area contributed by atoms with Gasteiger partial charge >= 0.3 is 6.03 Å². The first kappa shape index (κ1) is 12.5. The van der Waals surface area contributed by atoms with Gasteiger partial charge in [0.1, 0.15) is 0 Å². The normalized spacial score (nSPS) is 9.89. The summed E-state index contributed by atoms with van der Waals surface area (Å²) >= 11 is 5.99. The van der Waals surface area contributed by atoms with E-state index in [1.165, 1.54) is 0 Å². The Bertz CT molecular complexity index is 555. The molecule has 0 radical (unpaired) electrons. The minimum atomic E-state index is -0.286. The molecule has 3 nitrogen and oxygen atoms in total. The molecule has 2 N–H and O–H groups in total. The molecule has 0 saturated carbocycles. The van der Waals surface area contributed by atoms with Crippen LogP contribution in [0.3, 0.4) is 0 Å². The van der Waals surface area contributed by atoms with Gasteiger partial charge in [-0.2, -0.15) is 0 Å². The van der Waals surface area contributed by atoms with Crippen LogP contribution in [-0.4, -0.2) is 6.03 Å². The maximum absolute atomic E-state index is 11.8. The van der Waals surface area contributed by atoms with E-state index < -0.39 is 0 Å². The molecule has 0 fully saturated rings. The van der Waals surface area contributed by atoms with E-state index in [-0.39, 0.29) is 6.03 Å². The van der Waals surface area contributed by atoms with Crippen molar-refractivity contribution in [2.75, 3.05) is 10.6 Å². The molecule has 2 aromatic rings. The van der Waals surface area contributed by atoms with Crippen LogP contribution in [-0.2, 0) is 0 Å². The molecule has 18 heavy (non-hydrogen) atoms. The van der Waals surface area contributed by atoms with Crippen molar-refractivity contribution in [1.29, 1.82) is 0 Å². The molecule has 0 unspecified atom stereocenters. The van der Waals surface area contributed by atoms with Gasteiger partial charge in [-0.15, -0.1) is 0 Å². The Morgan fingerprint density at radius 3 is 2.44 bits per heavy atom. The third kappa shape index (κ3) is 3.02. The second kappa shape index (κ2) is 5.56. The first-order chi connectivity index (χ1) is 8.66. The van der Waals surface area contributed by atoms with Crippen molar-refractivity contribution in [3.63, 3.8) is 0 Å². The summed E-state index contributed by atoms with van der Waals surface area (Å²) in [5, 5.41) is 6.14. The highest BCUT2D eigenvalue weighted by molar-refractivity contribution is 6.31. The predicted octanol–water partition coefficient (Wildman–Crippen LogP) is 4.29. The molecule has 4 heteroatoms. The van der Waals surface area contributed by atoms with Gasteiger partial charge in [0.25, 0.3) is 0 Å². The summed E-state index contributed by atoms with van der Waals surface area (Å²) in [7, 11) is 0. The van der Waals surface area contributed by atoms with Crippen molar-refractivity contribution in [3.8, 4) is 0 Å². The molecule has 0 aliphatic heterocycles. The number of urea groups is 1. The van der Waals surface area contributed by atoms with Crippen molar-refractivity contribution in [2.45, 2.75) is 6.92 Å². The first-order valence-corrected chi connectivity index (χ1v) is 5.93. The van der Waals surface area contributed by atoms with Crippen LogP contribution < -0.4 is 10.6 Å². The fraction of sp³-hybridized carbons (Fsp3) is 0.0714. The van der Waals surface area contributed by atoms with Crippen LogP contribution in [0.5, 0.6) is 0 Å². The Labute approximate surface area is 111 Å². The standard InChI is InChI=1S/C14H13ClN2O/c1-10-12(15)8-5-9-13(10)17-14(18)16-11-6-3-2-4-7-11/h2-9H,1H3,(H2,16,17,18). The highest BCUT2D eigenvalue weighted by Gasteiger charge is 2.06. The average Bonchev–Trinajstić information content (AvgIpc) is 2.36. The van der Waals surface area contributed by atoms with Gasteiger partial charge in [-0.05, 0) is 36.8 Å². The Kier molecular flexibility index (Phi) is 3.85. The number of hydrogen-bond acceptors (Lipinski definition) is 1. The van der Waals surface area contributed by atoms with E-state index in [2.05, 4.69) is 10.6 Å². The minimum absolute atomic E-state index is 0.286. The molecule has 2 rings (SSSR count). The number of halogens is 1. The Hall–Kier alpha value is -2.00. The van der Waals surface area contributed by atoms with Crippen molar-refractivity contribution >= 4 is 29.0 Å². The molecule has 0 aliphatic carbocycles. The summed E-state index contributed by atoms with van der Waals surface area (Å²) in [6.07, 6.45) is 0. The number of anilines is 2. The molecule has 92 valence electrons.